The summed E-state index contributed by atoms with van der Waals surface area (Å²) in [7, 11) is -4.62. The van der Waals surface area contributed by atoms with Gasteiger partial charge in [-0.05, 0) is 67.3 Å². The van der Waals surface area contributed by atoms with Gasteiger partial charge in [0.25, 0.3) is 0 Å². The normalized spacial score (nSPS) is 20.2. The molecule has 0 bridgehead atoms. The Balaban J connectivity index is 0.000000301. The average molecular weight is 401 g/mol. The van der Waals surface area contributed by atoms with Gasteiger partial charge in [-0.2, -0.15) is 0 Å². The minimum atomic E-state index is -4.62. The maximum Gasteiger partial charge on any atom is 0.202 e. The van der Waals surface area contributed by atoms with Crippen molar-refractivity contribution in [1.82, 2.24) is 0 Å². The van der Waals surface area contributed by atoms with E-state index >= 15 is 0 Å². The van der Waals surface area contributed by atoms with E-state index in [1.807, 2.05) is 0 Å². The molecular weight excluding hydrogens is 371 g/mol. The molecule has 0 saturated heterocycles. The molecule has 0 aliphatic heterocycles. The van der Waals surface area contributed by atoms with Gasteiger partial charge in [-0.3, -0.25) is 4.79 Å². The van der Waals surface area contributed by atoms with Crippen LogP contribution in [0.2, 0.25) is 0 Å². The van der Waals surface area contributed by atoms with Crippen molar-refractivity contribution in [2.75, 3.05) is 6.16 Å². The van der Waals surface area contributed by atoms with Crippen molar-refractivity contribution < 1.29 is 30.6 Å². The van der Waals surface area contributed by atoms with E-state index < -0.39 is 18.5 Å². The van der Waals surface area contributed by atoms with Crippen LogP contribution in [0.15, 0.2) is 0 Å². The molecule has 0 aromatic rings. The number of hydrogen-bond donors (Lipinski definition) is 2. The lowest BCUT2D eigenvalue weighted by molar-refractivity contribution is -0.425. The van der Waals surface area contributed by atoms with Crippen molar-refractivity contribution in [3.8, 4) is 0 Å². The van der Waals surface area contributed by atoms with Gasteiger partial charge in [0.1, 0.15) is 0 Å². The van der Waals surface area contributed by atoms with Gasteiger partial charge in [-0.15, -0.1) is 0 Å². The predicted octanol–water partition coefficient (Wildman–Crippen LogP) is -0.0564. The Labute approximate surface area is 141 Å². The van der Waals surface area contributed by atoms with E-state index in [-0.39, 0.29) is 0 Å². The first kappa shape index (κ1) is 22.2. The second-order valence-corrected chi connectivity index (χ2v) is 8.55. The Hall–Kier alpha value is 0.220. The maximum absolute atomic E-state index is 9.80. The highest BCUT2D eigenvalue weighted by atomic mass is 79.9. The lowest BCUT2D eigenvalue weighted by atomic mass is 9.97. The maximum atomic E-state index is 9.80. The van der Waals surface area contributed by atoms with Gasteiger partial charge >= 0.3 is 0 Å². The average Bonchev–Trinajstić information content (AvgIpc) is 2.39. The van der Waals surface area contributed by atoms with Crippen LogP contribution in [0, 0.1) is 0 Å². The summed E-state index contributed by atoms with van der Waals surface area (Å²) >= 11 is 2.30. The summed E-state index contributed by atoms with van der Waals surface area (Å²) in [6.07, 6.45) is 13.1. The van der Waals surface area contributed by atoms with Gasteiger partial charge < -0.3 is 25.8 Å². The zero-order valence-electron chi connectivity index (χ0n) is 13.3. The minimum absolute atomic E-state index is 0.786. The molecule has 6 nitrogen and oxygen atoms in total. The van der Waals surface area contributed by atoms with Crippen LogP contribution in [-0.2, 0) is 9.36 Å². The number of rotatable bonds is 2. The van der Waals surface area contributed by atoms with Crippen LogP contribution in [0.25, 0.3) is 0 Å². The lowest BCUT2D eigenvalue weighted by Gasteiger charge is -2.26. The van der Waals surface area contributed by atoms with Crippen molar-refractivity contribution in [3.05, 3.63) is 0 Å². The SMILES string of the molecule is O=C(Br)CP(=O)([O-])[O-].[NH3+]C1CCCCC1.[NH3+]C1CCCCC1. The Morgan fingerprint density at radius 2 is 1.23 bits per heavy atom. The first-order chi connectivity index (χ1) is 10.2. The highest BCUT2D eigenvalue weighted by Gasteiger charge is 2.10. The van der Waals surface area contributed by atoms with Gasteiger partial charge in [-0.25, -0.2) is 0 Å². The number of hydrogen-bond acceptors (Lipinski definition) is 4. The smallest absolute Gasteiger partial charge is 0.202 e. The van der Waals surface area contributed by atoms with Gasteiger partial charge in [0.05, 0.1) is 12.1 Å². The number of carbonyl (C=O) groups is 1. The van der Waals surface area contributed by atoms with Crippen molar-refractivity contribution in [1.29, 1.82) is 0 Å². The van der Waals surface area contributed by atoms with Crippen molar-refractivity contribution >= 4 is 28.2 Å². The molecule has 2 aliphatic rings. The number of quaternary nitrogens is 2. The van der Waals surface area contributed by atoms with E-state index in [1.54, 1.807) is 0 Å². The Bertz CT molecular complexity index is 324. The largest absolute Gasteiger partial charge is 0.810 e. The van der Waals surface area contributed by atoms with Gasteiger partial charge in [-0.1, -0.05) is 20.4 Å². The third kappa shape index (κ3) is 16.6. The topological polar surface area (TPSA) is 136 Å². The van der Waals surface area contributed by atoms with E-state index in [4.69, 9.17) is 0 Å². The monoisotopic (exact) mass is 400 g/mol. The molecule has 2 rings (SSSR count). The van der Waals surface area contributed by atoms with E-state index in [9.17, 15) is 19.1 Å². The minimum Gasteiger partial charge on any atom is -0.810 e. The predicted molar refractivity (Wildman–Crippen MR) is 85.9 cm³/mol. The van der Waals surface area contributed by atoms with Crippen LogP contribution >= 0.6 is 23.5 Å². The van der Waals surface area contributed by atoms with Crippen LogP contribution in [0.3, 0.4) is 0 Å². The Morgan fingerprint density at radius 3 is 1.32 bits per heavy atom. The fourth-order valence-electron chi connectivity index (χ4n) is 2.53. The Morgan fingerprint density at radius 1 is 0.909 bits per heavy atom. The molecule has 0 heterocycles. The third-order valence-electron chi connectivity index (χ3n) is 3.77. The fourth-order valence-corrected chi connectivity index (χ4v) is 3.75. The molecule has 2 fully saturated rings. The van der Waals surface area contributed by atoms with Crippen LogP contribution in [-0.4, -0.2) is 22.9 Å². The lowest BCUT2D eigenvalue weighted by Crippen LogP contribution is -2.61. The van der Waals surface area contributed by atoms with Gasteiger partial charge in [0, 0.05) is 6.16 Å². The number of halogens is 1. The van der Waals surface area contributed by atoms with Gasteiger partial charge in [0.15, 0.2) is 0 Å². The zero-order chi connectivity index (χ0) is 17.0. The summed E-state index contributed by atoms with van der Waals surface area (Å²) in [4.78, 5) is 29.1. The highest BCUT2D eigenvalue weighted by Crippen LogP contribution is 2.22. The van der Waals surface area contributed by atoms with Crippen LogP contribution < -0.4 is 21.3 Å². The van der Waals surface area contributed by atoms with E-state index in [2.05, 4.69) is 27.4 Å². The highest BCUT2D eigenvalue weighted by molar-refractivity contribution is 9.18. The summed E-state index contributed by atoms with van der Waals surface area (Å²) in [5.74, 6) is 0. The molecule has 0 aromatic carbocycles. The molecule has 0 aromatic heterocycles. The summed E-state index contributed by atoms with van der Waals surface area (Å²) in [6.45, 7) is 0. The van der Waals surface area contributed by atoms with Crippen molar-refractivity contribution in [3.63, 3.8) is 0 Å². The van der Waals surface area contributed by atoms with Crippen LogP contribution in [0.4, 0.5) is 0 Å². The molecule has 2 aliphatic carbocycles. The molecule has 2 saturated carbocycles. The molecule has 22 heavy (non-hydrogen) atoms. The standard InChI is InChI=1S/2C6H13N.C2H4BrO4P/c2*7-6-4-2-1-3-5-6;3-2(4)1-8(5,6)7/h2*6H,1-5,7H2;1H2,(H2,5,6,7). The molecule has 0 atom stereocenters. The summed E-state index contributed by atoms with van der Waals surface area (Å²) < 4.78 is 8.86. The van der Waals surface area contributed by atoms with Crippen molar-refractivity contribution in [2.24, 2.45) is 0 Å². The molecule has 8 heteroatoms. The van der Waals surface area contributed by atoms with Crippen LogP contribution in [0.1, 0.15) is 64.2 Å². The van der Waals surface area contributed by atoms with E-state index in [1.165, 1.54) is 64.2 Å². The summed E-state index contributed by atoms with van der Waals surface area (Å²) in [5, 5.41) is 0. The zero-order valence-corrected chi connectivity index (χ0v) is 15.8. The second kappa shape index (κ2) is 12.6. The molecule has 0 radical (unpaired) electrons. The Kier molecular flexibility index (Phi) is 12.7. The molecule has 0 spiro atoms. The second-order valence-electron chi connectivity index (χ2n) is 6.13. The molecule has 6 N–H and O–H groups in total. The molecule has 0 unspecified atom stereocenters. The van der Waals surface area contributed by atoms with Crippen LogP contribution in [0.5, 0.6) is 0 Å². The van der Waals surface area contributed by atoms with E-state index in [0.717, 1.165) is 12.1 Å². The third-order valence-corrected chi connectivity index (χ3v) is 5.16. The first-order valence-corrected chi connectivity index (χ1v) is 10.6. The fraction of sp³-hybridized carbons (Fsp3) is 0.929. The van der Waals surface area contributed by atoms with Gasteiger partial charge in [0.2, 0.25) is 4.69 Å². The first-order valence-electron chi connectivity index (χ1n) is 8.06. The molecule has 132 valence electrons. The summed E-state index contributed by atoms with van der Waals surface area (Å²) in [6, 6.07) is 1.57. The molecular formula is C14H30BrN2O4P. The molecule has 0 amide bonds. The summed E-state index contributed by atoms with van der Waals surface area (Å²) in [5.41, 5.74) is 8.00. The number of carbonyl (C=O) groups excluding carboxylic acids is 1. The van der Waals surface area contributed by atoms with Crippen molar-refractivity contribution in [2.45, 2.75) is 76.3 Å². The van der Waals surface area contributed by atoms with E-state index in [0.29, 0.717) is 0 Å². The quantitative estimate of drug-likeness (QED) is 0.495.